The maximum atomic E-state index is 11.6. The van der Waals surface area contributed by atoms with Crippen molar-refractivity contribution in [3.05, 3.63) is 46.2 Å². The van der Waals surface area contributed by atoms with Crippen LogP contribution in [0.5, 0.6) is 5.75 Å². The molecule has 26 heavy (non-hydrogen) atoms. The van der Waals surface area contributed by atoms with E-state index in [1.54, 1.807) is 42.5 Å². The molecule has 0 unspecified atom stereocenters. The van der Waals surface area contributed by atoms with Gasteiger partial charge in [0.1, 0.15) is 6.61 Å². The number of carbonyl (C=O) groups is 1. The molecule has 1 fully saturated rings. The molecule has 138 valence electrons. The van der Waals surface area contributed by atoms with Crippen molar-refractivity contribution in [2.24, 2.45) is 0 Å². The van der Waals surface area contributed by atoms with Crippen molar-refractivity contribution in [1.82, 2.24) is 20.2 Å². The monoisotopic (exact) mass is 395 g/mol. The molecule has 1 aliphatic rings. The first-order valence-corrected chi connectivity index (χ1v) is 8.93. The predicted octanol–water partition coefficient (Wildman–Crippen LogP) is 2.82. The quantitative estimate of drug-likeness (QED) is 0.861. The third kappa shape index (κ3) is 4.28. The summed E-state index contributed by atoms with van der Waals surface area (Å²) in [5, 5.41) is 3.75. The second-order valence-electron chi connectivity index (χ2n) is 5.74. The largest absolute Gasteiger partial charge is 0.486 e. The number of piperazine rings is 1. The highest BCUT2D eigenvalue weighted by molar-refractivity contribution is 6.35. The molecule has 2 amide bonds. The molecule has 1 saturated heterocycles. The number of ether oxygens (including phenoxy) is 1. The fraction of sp³-hybridized carbons (Fsp3) is 0.353. The van der Waals surface area contributed by atoms with Gasteiger partial charge in [-0.2, -0.15) is 0 Å². The van der Waals surface area contributed by atoms with Crippen molar-refractivity contribution in [3.8, 4) is 5.75 Å². The van der Waals surface area contributed by atoms with E-state index in [-0.39, 0.29) is 12.6 Å². The fourth-order valence-corrected chi connectivity index (χ4v) is 3.15. The number of rotatable bonds is 4. The van der Waals surface area contributed by atoms with Gasteiger partial charge in [-0.3, -0.25) is 0 Å². The molecule has 0 bridgehead atoms. The topological polar surface area (TPSA) is 70.6 Å². The molecule has 0 radical (unpaired) electrons. The minimum Gasteiger partial charge on any atom is -0.486 e. The van der Waals surface area contributed by atoms with Gasteiger partial charge in [-0.05, 0) is 12.1 Å². The number of hydrogen-bond acceptors (Lipinski definition) is 5. The Labute approximate surface area is 161 Å². The smallest absolute Gasteiger partial charge is 0.317 e. The normalized spacial score (nSPS) is 14.3. The first-order valence-electron chi connectivity index (χ1n) is 8.18. The fourth-order valence-electron chi connectivity index (χ4n) is 2.64. The van der Waals surface area contributed by atoms with Crippen molar-refractivity contribution in [1.29, 1.82) is 0 Å². The zero-order chi connectivity index (χ0) is 18.5. The minimum absolute atomic E-state index is 0.0625. The predicted molar refractivity (Wildman–Crippen MR) is 101 cm³/mol. The molecule has 0 spiro atoms. The van der Waals surface area contributed by atoms with Crippen LogP contribution in [0.15, 0.2) is 30.6 Å². The van der Waals surface area contributed by atoms with Crippen molar-refractivity contribution in [2.45, 2.75) is 6.61 Å². The Morgan fingerprint density at radius 3 is 2.35 bits per heavy atom. The molecule has 1 N–H and O–H groups in total. The van der Waals surface area contributed by atoms with Crippen LogP contribution in [0.2, 0.25) is 10.0 Å². The number of urea groups is 1. The van der Waals surface area contributed by atoms with Crippen molar-refractivity contribution in [3.63, 3.8) is 0 Å². The Kier molecular flexibility index (Phi) is 6.00. The highest BCUT2D eigenvalue weighted by Crippen LogP contribution is 2.25. The summed E-state index contributed by atoms with van der Waals surface area (Å²) < 4.78 is 5.69. The van der Waals surface area contributed by atoms with E-state index >= 15 is 0 Å². The SMILES string of the molecule is CNC(=O)N1CCN(c2ncc(OCc3c(Cl)cccc3Cl)cn2)CC1. The maximum Gasteiger partial charge on any atom is 0.317 e. The molecule has 7 nitrogen and oxygen atoms in total. The van der Waals surface area contributed by atoms with Crippen LogP contribution in [0.1, 0.15) is 5.56 Å². The minimum atomic E-state index is -0.0625. The Morgan fingerprint density at radius 2 is 1.77 bits per heavy atom. The van der Waals surface area contributed by atoms with E-state index < -0.39 is 0 Å². The number of benzene rings is 1. The highest BCUT2D eigenvalue weighted by Gasteiger charge is 2.21. The summed E-state index contributed by atoms with van der Waals surface area (Å²) in [5.41, 5.74) is 0.727. The van der Waals surface area contributed by atoms with Gasteiger partial charge >= 0.3 is 6.03 Å². The number of anilines is 1. The average molecular weight is 396 g/mol. The number of amides is 2. The molecular formula is C17H19Cl2N5O2. The average Bonchev–Trinajstić information content (AvgIpc) is 2.67. The van der Waals surface area contributed by atoms with E-state index in [0.29, 0.717) is 47.9 Å². The van der Waals surface area contributed by atoms with Gasteiger partial charge in [0.05, 0.1) is 12.4 Å². The summed E-state index contributed by atoms with van der Waals surface area (Å²) in [6, 6.07) is 5.26. The molecule has 2 heterocycles. The maximum absolute atomic E-state index is 11.6. The van der Waals surface area contributed by atoms with Gasteiger partial charge in [0.2, 0.25) is 5.95 Å². The van der Waals surface area contributed by atoms with Gasteiger partial charge < -0.3 is 19.9 Å². The van der Waals surface area contributed by atoms with Gasteiger partial charge in [0.25, 0.3) is 0 Å². The Balaban J connectivity index is 1.57. The van der Waals surface area contributed by atoms with Gasteiger partial charge in [0, 0.05) is 48.8 Å². The Hall–Kier alpha value is -2.25. The lowest BCUT2D eigenvalue weighted by molar-refractivity contribution is 0.196. The summed E-state index contributed by atoms with van der Waals surface area (Å²) in [4.78, 5) is 24.1. The number of carbonyl (C=O) groups excluding carboxylic acids is 1. The number of hydrogen-bond donors (Lipinski definition) is 1. The zero-order valence-electron chi connectivity index (χ0n) is 14.3. The third-order valence-corrected chi connectivity index (χ3v) is 4.83. The summed E-state index contributed by atoms with van der Waals surface area (Å²) in [6.07, 6.45) is 3.25. The van der Waals surface area contributed by atoms with Gasteiger partial charge in [-0.1, -0.05) is 29.3 Å². The van der Waals surface area contributed by atoms with Crippen LogP contribution in [-0.2, 0) is 6.61 Å². The molecule has 3 rings (SSSR count). The lowest BCUT2D eigenvalue weighted by Gasteiger charge is -2.34. The summed E-state index contributed by atoms with van der Waals surface area (Å²) in [7, 11) is 1.63. The van der Waals surface area contributed by atoms with Gasteiger partial charge in [0.15, 0.2) is 5.75 Å². The van der Waals surface area contributed by atoms with Crippen LogP contribution in [-0.4, -0.2) is 54.1 Å². The number of nitrogens with one attached hydrogen (secondary N) is 1. The van der Waals surface area contributed by atoms with E-state index in [1.807, 2.05) is 4.90 Å². The summed E-state index contributed by atoms with van der Waals surface area (Å²) in [6.45, 7) is 2.87. The first-order chi connectivity index (χ1) is 12.6. The summed E-state index contributed by atoms with van der Waals surface area (Å²) >= 11 is 12.3. The van der Waals surface area contributed by atoms with E-state index in [2.05, 4.69) is 15.3 Å². The zero-order valence-corrected chi connectivity index (χ0v) is 15.8. The van der Waals surface area contributed by atoms with Crippen LogP contribution < -0.4 is 15.0 Å². The Morgan fingerprint density at radius 1 is 1.15 bits per heavy atom. The van der Waals surface area contributed by atoms with Crippen molar-refractivity contribution in [2.75, 3.05) is 38.1 Å². The second-order valence-corrected chi connectivity index (χ2v) is 6.55. The van der Waals surface area contributed by atoms with Crippen molar-refractivity contribution < 1.29 is 9.53 Å². The molecule has 1 aromatic heterocycles. The molecule has 9 heteroatoms. The lowest BCUT2D eigenvalue weighted by atomic mass is 10.2. The van der Waals surface area contributed by atoms with Crippen LogP contribution in [0.3, 0.4) is 0 Å². The molecular weight excluding hydrogens is 377 g/mol. The molecule has 2 aromatic rings. The number of halogens is 2. The van der Waals surface area contributed by atoms with Crippen LogP contribution in [0, 0.1) is 0 Å². The Bertz CT molecular complexity index is 744. The van der Waals surface area contributed by atoms with E-state index in [1.165, 1.54) is 0 Å². The number of nitrogens with zero attached hydrogens (tertiary/aromatic N) is 4. The molecule has 0 aliphatic carbocycles. The molecule has 0 saturated carbocycles. The van der Waals surface area contributed by atoms with Crippen LogP contribution >= 0.6 is 23.2 Å². The highest BCUT2D eigenvalue weighted by atomic mass is 35.5. The second kappa shape index (κ2) is 8.42. The van der Waals surface area contributed by atoms with Crippen molar-refractivity contribution >= 4 is 35.2 Å². The van der Waals surface area contributed by atoms with Gasteiger partial charge in [-0.15, -0.1) is 0 Å². The standard InChI is InChI=1S/C17H19Cl2N5O2/c1-20-17(25)24-7-5-23(6-8-24)16-21-9-12(10-22-16)26-11-13-14(18)3-2-4-15(13)19/h2-4,9-10H,5-8,11H2,1H3,(H,20,25). The first kappa shape index (κ1) is 18.5. The lowest BCUT2D eigenvalue weighted by Crippen LogP contribution is -2.51. The summed E-state index contributed by atoms with van der Waals surface area (Å²) in [5.74, 6) is 1.15. The molecule has 0 atom stereocenters. The third-order valence-electron chi connectivity index (χ3n) is 4.12. The van der Waals surface area contributed by atoms with Crippen LogP contribution in [0.25, 0.3) is 0 Å². The van der Waals surface area contributed by atoms with Crippen LogP contribution in [0.4, 0.5) is 10.7 Å². The van der Waals surface area contributed by atoms with E-state index in [0.717, 1.165) is 5.56 Å². The van der Waals surface area contributed by atoms with Gasteiger partial charge in [-0.25, -0.2) is 14.8 Å². The number of aromatic nitrogens is 2. The van der Waals surface area contributed by atoms with E-state index in [4.69, 9.17) is 27.9 Å². The molecule has 1 aromatic carbocycles. The molecule has 1 aliphatic heterocycles. The van der Waals surface area contributed by atoms with E-state index in [9.17, 15) is 4.79 Å².